The van der Waals surface area contributed by atoms with Gasteiger partial charge in [0.2, 0.25) is 6.10 Å². The van der Waals surface area contributed by atoms with Gasteiger partial charge in [0.05, 0.1) is 24.6 Å². The highest BCUT2D eigenvalue weighted by Gasteiger charge is 2.28. The number of aliphatic hydroxyl groups is 4. The Balaban J connectivity index is 0.000000564. The average molecular weight is 654 g/mol. The van der Waals surface area contributed by atoms with E-state index in [9.17, 15) is 24.0 Å². The Morgan fingerprint density at radius 1 is 0.565 bits per heavy atom. The van der Waals surface area contributed by atoms with Gasteiger partial charge in [-0.05, 0) is 24.3 Å². The molecular weight excluding hydrogens is 608 g/mol. The zero-order chi connectivity index (χ0) is 35.2. The first-order chi connectivity index (χ1) is 21.5. The van der Waals surface area contributed by atoms with Gasteiger partial charge in [0.1, 0.15) is 18.3 Å². The Kier molecular flexibility index (Phi) is 21.0. The van der Waals surface area contributed by atoms with E-state index in [0.717, 1.165) is 6.26 Å². The summed E-state index contributed by atoms with van der Waals surface area (Å²) in [5, 5.41) is 35.1. The van der Waals surface area contributed by atoms with Gasteiger partial charge >= 0.3 is 29.8 Å². The van der Waals surface area contributed by atoms with Crippen molar-refractivity contribution in [3.05, 3.63) is 67.9 Å². The SMILES string of the molecule is C=COC(C)=O.CC(=O)O[C@@H]1C=C[C@H](O)C1.CC(=O)O[C@@H]1C=C[C@H](OC(C)=O)C1.CC(=O)O[C@H]1C=C[C@@H](O)[CH+]1.O[C@@H]1C=C[C@H](O)C1. The fourth-order valence-corrected chi connectivity index (χ4v) is 3.78. The van der Waals surface area contributed by atoms with E-state index in [0.29, 0.717) is 19.3 Å². The molecule has 0 heterocycles. The molecule has 0 unspecified atom stereocenters. The van der Waals surface area contributed by atoms with Gasteiger partial charge < -0.3 is 44.1 Å². The van der Waals surface area contributed by atoms with Crippen LogP contribution in [0.1, 0.15) is 53.9 Å². The molecule has 0 aromatic heterocycles. The van der Waals surface area contributed by atoms with Gasteiger partial charge in [-0.2, -0.15) is 0 Å². The fraction of sp³-hybridized carbons (Fsp3) is 0.500. The van der Waals surface area contributed by atoms with Crippen molar-refractivity contribution in [2.45, 2.75) is 103 Å². The quantitative estimate of drug-likeness (QED) is 0.109. The molecule has 0 spiro atoms. The fourth-order valence-electron chi connectivity index (χ4n) is 3.78. The number of carbonyl (C=O) groups excluding carboxylic acids is 5. The van der Waals surface area contributed by atoms with Crippen molar-refractivity contribution in [2.24, 2.45) is 0 Å². The normalized spacial score (nSPS) is 27.3. The van der Waals surface area contributed by atoms with Crippen LogP contribution in [0.15, 0.2) is 61.4 Å². The van der Waals surface area contributed by atoms with E-state index in [2.05, 4.69) is 11.3 Å². The number of hydrogen-bond acceptors (Lipinski definition) is 14. The van der Waals surface area contributed by atoms with Gasteiger partial charge in [0.15, 0.2) is 6.42 Å². The summed E-state index contributed by atoms with van der Waals surface area (Å²) in [6.45, 7) is 9.89. The molecule has 4 aliphatic rings. The molecule has 0 saturated heterocycles. The Hall–Kier alpha value is -4.24. The van der Waals surface area contributed by atoms with E-state index >= 15 is 0 Å². The zero-order valence-corrected chi connectivity index (χ0v) is 26.6. The summed E-state index contributed by atoms with van der Waals surface area (Å²) in [5.41, 5.74) is 0. The molecule has 256 valence electrons. The van der Waals surface area contributed by atoms with Crippen molar-refractivity contribution in [1.29, 1.82) is 0 Å². The first kappa shape index (κ1) is 41.8. The van der Waals surface area contributed by atoms with Crippen molar-refractivity contribution in [3.63, 3.8) is 0 Å². The van der Waals surface area contributed by atoms with Crippen LogP contribution in [0, 0.1) is 6.42 Å². The number of ether oxygens (including phenoxy) is 5. The van der Waals surface area contributed by atoms with E-state index in [1.807, 2.05) is 0 Å². The Morgan fingerprint density at radius 2 is 0.957 bits per heavy atom. The van der Waals surface area contributed by atoms with E-state index in [-0.39, 0.29) is 54.3 Å². The second-order valence-electron chi connectivity index (χ2n) is 9.93. The maximum Gasteiger partial charge on any atom is 0.307 e. The van der Waals surface area contributed by atoms with E-state index in [1.54, 1.807) is 55.0 Å². The third kappa shape index (κ3) is 23.2. The maximum atomic E-state index is 10.6. The molecule has 4 aliphatic carbocycles. The minimum absolute atomic E-state index is 0.215. The van der Waals surface area contributed by atoms with Crippen LogP contribution in [-0.4, -0.2) is 99.1 Å². The second kappa shape index (κ2) is 23.1. The number of carbonyl (C=O) groups is 5. The van der Waals surface area contributed by atoms with Crippen LogP contribution in [0.4, 0.5) is 0 Å². The van der Waals surface area contributed by atoms with Crippen molar-refractivity contribution in [3.8, 4) is 0 Å². The second-order valence-corrected chi connectivity index (χ2v) is 9.93. The topological polar surface area (TPSA) is 212 Å². The molecule has 0 radical (unpaired) electrons. The molecule has 0 fully saturated rings. The van der Waals surface area contributed by atoms with Gasteiger partial charge in [-0.1, -0.05) is 24.8 Å². The van der Waals surface area contributed by atoms with Gasteiger partial charge in [0, 0.05) is 60.0 Å². The lowest BCUT2D eigenvalue weighted by molar-refractivity contribution is -0.148. The van der Waals surface area contributed by atoms with Crippen molar-refractivity contribution in [1.82, 2.24) is 0 Å². The summed E-state index contributed by atoms with van der Waals surface area (Å²) in [6.07, 6.45) is 14.5. The highest BCUT2D eigenvalue weighted by atomic mass is 16.6. The summed E-state index contributed by atoms with van der Waals surface area (Å²) < 4.78 is 23.5. The summed E-state index contributed by atoms with van der Waals surface area (Å²) in [6, 6.07) is 0. The Labute approximate surface area is 268 Å². The highest BCUT2D eigenvalue weighted by Crippen LogP contribution is 2.17. The molecule has 0 aromatic carbocycles. The Morgan fingerprint density at radius 3 is 1.22 bits per heavy atom. The number of rotatable bonds is 5. The molecule has 46 heavy (non-hydrogen) atoms. The van der Waals surface area contributed by atoms with Crippen LogP contribution >= 0.6 is 0 Å². The molecule has 0 aromatic rings. The van der Waals surface area contributed by atoms with Crippen LogP contribution in [0.5, 0.6) is 0 Å². The maximum absolute atomic E-state index is 10.6. The first-order valence-corrected chi connectivity index (χ1v) is 14.3. The van der Waals surface area contributed by atoms with Crippen LogP contribution in [0.2, 0.25) is 0 Å². The monoisotopic (exact) mass is 653 g/mol. The molecule has 0 aliphatic heterocycles. The number of aliphatic hydroxyl groups excluding tert-OH is 4. The number of hydrogen-bond donors (Lipinski definition) is 4. The molecule has 14 heteroatoms. The van der Waals surface area contributed by atoms with Crippen molar-refractivity contribution >= 4 is 29.8 Å². The van der Waals surface area contributed by atoms with Gasteiger partial charge in [-0.3, -0.25) is 24.0 Å². The van der Waals surface area contributed by atoms with Crippen LogP contribution in [0.25, 0.3) is 0 Å². The van der Waals surface area contributed by atoms with Crippen molar-refractivity contribution < 1.29 is 68.1 Å². The third-order valence-corrected chi connectivity index (χ3v) is 5.45. The van der Waals surface area contributed by atoms with E-state index in [4.69, 9.17) is 39.4 Å². The molecule has 4 N–H and O–H groups in total. The minimum Gasteiger partial charge on any atom is -0.458 e. The van der Waals surface area contributed by atoms with Gasteiger partial charge in [-0.25, -0.2) is 0 Å². The lowest BCUT2D eigenvalue weighted by Crippen LogP contribution is -2.17. The van der Waals surface area contributed by atoms with Gasteiger partial charge in [-0.15, -0.1) is 0 Å². The average Bonchev–Trinajstić information content (AvgIpc) is 3.71. The lowest BCUT2D eigenvalue weighted by atomic mass is 10.3. The molecule has 14 nitrogen and oxygen atoms in total. The molecular formula is C32H45O14+. The van der Waals surface area contributed by atoms with Crippen LogP contribution < -0.4 is 0 Å². The third-order valence-electron chi connectivity index (χ3n) is 5.45. The highest BCUT2D eigenvalue weighted by molar-refractivity contribution is 5.68. The predicted molar refractivity (Wildman–Crippen MR) is 163 cm³/mol. The standard InChI is InChI=1S/C9H12O4.C7H10O3.C7H9O3.C5H8O2.C4H6O2/c1-6(10)12-8-3-4-9(5-8)13-7(2)11;2*1-5(8)10-7-3-2-6(9)4-7;6-4-1-2-5(7)3-4;1-3-6-4(2)5/h3-4,8-9H,5H2,1-2H3;2-3,6-7,9H,4H2,1H3;2-4,6-7,9H,1H3;1-2,4-7H,3H2;3H,1H2,2H3/q;;+1;;/t8-,9+;2*6-,7+;4-,5+;/m.01../s1. The summed E-state index contributed by atoms with van der Waals surface area (Å²) in [5.74, 6) is -1.61. The largest absolute Gasteiger partial charge is 0.458 e. The minimum atomic E-state index is -0.565. The summed E-state index contributed by atoms with van der Waals surface area (Å²) >= 11 is 0. The number of esters is 5. The molecule has 8 atom stereocenters. The van der Waals surface area contributed by atoms with Crippen LogP contribution in [0.3, 0.4) is 0 Å². The van der Waals surface area contributed by atoms with E-state index in [1.165, 1.54) is 34.6 Å². The van der Waals surface area contributed by atoms with Crippen LogP contribution in [-0.2, 0) is 47.7 Å². The van der Waals surface area contributed by atoms with Crippen molar-refractivity contribution in [2.75, 3.05) is 0 Å². The molecule has 0 amide bonds. The lowest BCUT2D eigenvalue weighted by Gasteiger charge is -2.11. The zero-order valence-electron chi connectivity index (χ0n) is 26.6. The first-order valence-electron chi connectivity index (χ1n) is 14.3. The molecule has 0 bridgehead atoms. The summed E-state index contributed by atoms with van der Waals surface area (Å²) in [7, 11) is 0. The molecule has 4 rings (SSSR count). The summed E-state index contributed by atoms with van der Waals surface area (Å²) in [4.78, 5) is 51.6. The predicted octanol–water partition coefficient (Wildman–Crippen LogP) is 1.46. The Bertz CT molecular complexity index is 1040. The van der Waals surface area contributed by atoms with E-state index < -0.39 is 24.4 Å². The van der Waals surface area contributed by atoms with Gasteiger partial charge in [0.25, 0.3) is 6.10 Å². The molecule has 0 saturated carbocycles. The smallest absolute Gasteiger partial charge is 0.307 e.